The van der Waals surface area contributed by atoms with E-state index in [9.17, 15) is 10.1 Å². The number of benzene rings is 2. The highest BCUT2D eigenvalue weighted by Gasteiger charge is 2.50. The lowest BCUT2D eigenvalue weighted by molar-refractivity contribution is 0.0946. The lowest BCUT2D eigenvalue weighted by Crippen LogP contribution is -2.52. The molecule has 40 heavy (non-hydrogen) atoms. The third-order valence-electron chi connectivity index (χ3n) is 9.62. The molecule has 0 radical (unpaired) electrons. The first-order valence-corrected chi connectivity index (χ1v) is 15.0. The number of nitriles is 1. The molecule has 2 fully saturated rings. The molecular formula is C33H40ClN5O. The van der Waals surface area contributed by atoms with Crippen molar-refractivity contribution in [2.24, 2.45) is 17.8 Å². The maximum absolute atomic E-state index is 13.3. The highest BCUT2D eigenvalue weighted by molar-refractivity contribution is 6.32. The molecule has 6 nitrogen and oxygen atoms in total. The lowest BCUT2D eigenvalue weighted by atomic mass is 9.58. The van der Waals surface area contributed by atoms with Crippen LogP contribution in [0.2, 0.25) is 5.02 Å². The van der Waals surface area contributed by atoms with E-state index in [0.717, 1.165) is 60.3 Å². The normalized spacial score (nSPS) is 24.7. The Balaban J connectivity index is 1.26. The van der Waals surface area contributed by atoms with Crippen molar-refractivity contribution >= 4 is 29.6 Å². The first-order valence-electron chi connectivity index (χ1n) is 14.6. The van der Waals surface area contributed by atoms with E-state index in [4.69, 9.17) is 22.4 Å². The Kier molecular flexibility index (Phi) is 8.44. The number of rotatable bonds is 10. The predicted molar refractivity (Wildman–Crippen MR) is 160 cm³/mol. The number of hydrogen-bond donors (Lipinski definition) is 3. The maximum atomic E-state index is 13.3. The summed E-state index contributed by atoms with van der Waals surface area (Å²) in [4.78, 5) is 14.8. The Morgan fingerprint density at radius 3 is 2.70 bits per heavy atom. The molecule has 3 N–H and O–H groups in total. The number of hydrogen-bond acceptors (Lipinski definition) is 5. The molecule has 0 heterocycles. The van der Waals surface area contributed by atoms with Gasteiger partial charge in [0, 0.05) is 36.0 Å². The molecule has 0 amide bonds. The molecular weight excluding hydrogens is 518 g/mol. The van der Waals surface area contributed by atoms with Crippen LogP contribution in [0.3, 0.4) is 0 Å². The van der Waals surface area contributed by atoms with E-state index in [-0.39, 0.29) is 23.7 Å². The van der Waals surface area contributed by atoms with Crippen molar-refractivity contribution in [1.29, 1.82) is 16.1 Å². The fraction of sp³-hybridized carbons (Fsp3) is 0.515. The summed E-state index contributed by atoms with van der Waals surface area (Å²) >= 11 is 6.78. The van der Waals surface area contributed by atoms with Gasteiger partial charge in [-0.1, -0.05) is 42.3 Å². The van der Waals surface area contributed by atoms with Gasteiger partial charge in [0.1, 0.15) is 5.84 Å². The quantitative estimate of drug-likeness (QED) is 0.219. The fourth-order valence-electron chi connectivity index (χ4n) is 6.70. The molecule has 7 heteroatoms. The Morgan fingerprint density at radius 2 is 2.02 bits per heavy atom. The van der Waals surface area contributed by atoms with Gasteiger partial charge >= 0.3 is 0 Å². The molecule has 2 atom stereocenters. The number of carbonyl (C=O) groups excluding carboxylic acids is 1. The van der Waals surface area contributed by atoms with Gasteiger partial charge in [-0.25, -0.2) is 0 Å². The average Bonchev–Trinajstić information content (AvgIpc) is 2.90. The van der Waals surface area contributed by atoms with Crippen LogP contribution in [0.5, 0.6) is 0 Å². The van der Waals surface area contributed by atoms with Crippen LogP contribution in [-0.2, 0) is 18.3 Å². The third-order valence-corrected chi connectivity index (χ3v) is 9.95. The van der Waals surface area contributed by atoms with E-state index >= 15 is 0 Å². The van der Waals surface area contributed by atoms with Gasteiger partial charge in [0.25, 0.3) is 0 Å². The molecule has 0 aromatic heterocycles. The number of likely N-dealkylation sites (N-methyl/N-ethyl adjacent to an activating group) is 1. The van der Waals surface area contributed by atoms with Crippen LogP contribution in [0.25, 0.3) is 0 Å². The molecule has 5 rings (SSSR count). The summed E-state index contributed by atoms with van der Waals surface area (Å²) in [5.74, 6) is 1.51. The SMILES string of the molecule is C[C@H](NCC1CCC1)c1cc(Cl)c2c(c1)C(=O)CC(CCc1cccc(C3(C(=N)N(C)C=N)CC(C#N)C3)c1)C2. The summed E-state index contributed by atoms with van der Waals surface area (Å²) in [5, 5.41) is 30.1. The number of halogens is 1. The molecule has 2 saturated carbocycles. The predicted octanol–water partition coefficient (Wildman–Crippen LogP) is 6.86. The van der Waals surface area contributed by atoms with Crippen molar-refractivity contribution < 1.29 is 4.79 Å². The summed E-state index contributed by atoms with van der Waals surface area (Å²) in [5.41, 5.74) is 4.56. The van der Waals surface area contributed by atoms with E-state index in [2.05, 4.69) is 36.5 Å². The number of nitrogens with zero attached hydrogens (tertiary/aromatic N) is 2. The number of amidine groups is 1. The highest BCUT2D eigenvalue weighted by atomic mass is 35.5. The van der Waals surface area contributed by atoms with Crippen molar-refractivity contribution in [2.75, 3.05) is 13.6 Å². The van der Waals surface area contributed by atoms with E-state index in [0.29, 0.717) is 30.1 Å². The van der Waals surface area contributed by atoms with Gasteiger partial charge in [0.15, 0.2) is 5.78 Å². The summed E-state index contributed by atoms with van der Waals surface area (Å²) < 4.78 is 0. The molecule has 3 aliphatic rings. The summed E-state index contributed by atoms with van der Waals surface area (Å²) in [6.45, 7) is 3.17. The first-order chi connectivity index (χ1) is 19.2. The van der Waals surface area contributed by atoms with Gasteiger partial charge in [0.05, 0.1) is 17.8 Å². The van der Waals surface area contributed by atoms with Crippen molar-refractivity contribution in [3.8, 4) is 6.07 Å². The van der Waals surface area contributed by atoms with Crippen molar-refractivity contribution in [3.63, 3.8) is 0 Å². The van der Waals surface area contributed by atoms with Gasteiger partial charge < -0.3 is 10.2 Å². The Labute approximate surface area is 243 Å². The largest absolute Gasteiger partial charge is 0.324 e. The zero-order valence-corrected chi connectivity index (χ0v) is 24.4. The number of carbonyl (C=O) groups is 1. The smallest absolute Gasteiger partial charge is 0.163 e. The van der Waals surface area contributed by atoms with E-state index in [1.165, 1.54) is 29.7 Å². The fourth-order valence-corrected chi connectivity index (χ4v) is 7.00. The second-order valence-electron chi connectivity index (χ2n) is 12.3. The first kappa shape index (κ1) is 28.5. The minimum absolute atomic E-state index is 0.0664. The molecule has 0 spiro atoms. The molecule has 2 aromatic rings. The molecule has 3 aliphatic carbocycles. The third kappa shape index (κ3) is 5.60. The summed E-state index contributed by atoms with van der Waals surface area (Å²) in [7, 11) is 1.72. The van der Waals surface area contributed by atoms with Crippen LogP contribution in [0.1, 0.15) is 90.5 Å². The maximum Gasteiger partial charge on any atom is 0.163 e. The Bertz CT molecular complexity index is 1340. The Hall–Kier alpha value is -3.01. The molecule has 2 aromatic carbocycles. The monoisotopic (exact) mass is 557 g/mol. The summed E-state index contributed by atoms with van der Waals surface area (Å²) in [6, 6.07) is 15.0. The zero-order chi connectivity index (χ0) is 28.4. The molecule has 0 bridgehead atoms. The van der Waals surface area contributed by atoms with Crippen molar-refractivity contribution in [2.45, 2.75) is 76.2 Å². The molecule has 210 valence electrons. The standard InChI is InChI=1S/C33H40ClN5O/c1-21(38-19-23-6-3-7-23)26-14-29-28(30(34)15-26)12-24(13-31(29)40)10-9-22-5-4-8-27(11-22)33(16-25(17-33)18-35)32(37)39(2)20-36/h4-5,8,11,14-15,20-21,23-25,36-38H,3,6-7,9-10,12-13,16-17,19H2,1-2H3/t21-,24?,25?,33?/m0/s1. The van der Waals surface area contributed by atoms with E-state index < -0.39 is 5.41 Å². The van der Waals surface area contributed by atoms with Gasteiger partial charge in [-0.2, -0.15) is 5.26 Å². The second-order valence-corrected chi connectivity index (χ2v) is 12.7. The lowest BCUT2D eigenvalue weighted by Gasteiger charge is -2.47. The number of aryl methyl sites for hydroxylation is 1. The van der Waals surface area contributed by atoms with Gasteiger partial charge in [-0.15, -0.1) is 0 Å². The summed E-state index contributed by atoms with van der Waals surface area (Å²) in [6.07, 6.45) is 9.40. The highest BCUT2D eigenvalue weighted by Crippen LogP contribution is 2.49. The number of ketones is 1. The van der Waals surface area contributed by atoms with Gasteiger partial charge in [-0.05, 0) is 105 Å². The van der Waals surface area contributed by atoms with Crippen molar-refractivity contribution in [1.82, 2.24) is 10.2 Å². The average molecular weight is 558 g/mol. The minimum atomic E-state index is -0.530. The number of Topliss-reactive ketones (excluding diaryl/α,β-unsaturated/α-hetero) is 1. The molecule has 1 unspecified atom stereocenters. The van der Waals surface area contributed by atoms with E-state index in [1.54, 1.807) is 7.05 Å². The second kappa shape index (κ2) is 11.8. The molecule has 0 saturated heterocycles. The van der Waals surface area contributed by atoms with Crippen molar-refractivity contribution in [3.05, 3.63) is 69.2 Å². The van der Waals surface area contributed by atoms with Crippen LogP contribution in [-0.4, -0.2) is 36.4 Å². The topological polar surface area (TPSA) is 104 Å². The van der Waals surface area contributed by atoms with Crippen LogP contribution in [0, 0.1) is 39.9 Å². The van der Waals surface area contributed by atoms with Crippen LogP contribution in [0.4, 0.5) is 0 Å². The minimum Gasteiger partial charge on any atom is -0.324 e. The van der Waals surface area contributed by atoms with Gasteiger partial charge in [-0.3, -0.25) is 15.6 Å². The van der Waals surface area contributed by atoms with Crippen LogP contribution < -0.4 is 5.32 Å². The number of fused-ring (bicyclic) bond motifs is 1. The van der Waals surface area contributed by atoms with Gasteiger partial charge in [0.2, 0.25) is 0 Å². The zero-order valence-electron chi connectivity index (χ0n) is 23.6. The molecule has 0 aliphatic heterocycles. The van der Waals surface area contributed by atoms with Crippen LogP contribution >= 0.6 is 11.6 Å². The number of nitrogens with one attached hydrogen (secondary N) is 3. The van der Waals surface area contributed by atoms with Crippen LogP contribution in [0.15, 0.2) is 36.4 Å². The van der Waals surface area contributed by atoms with E-state index in [1.807, 2.05) is 18.2 Å². The Morgan fingerprint density at radius 1 is 1.25 bits per heavy atom.